The number of H-pyrrole nitrogens is 1. The van der Waals surface area contributed by atoms with Crippen molar-refractivity contribution in [2.75, 3.05) is 36.5 Å². The molecule has 2 aromatic heterocycles. The number of pyridine rings is 1. The molecular weight excluding hydrogens is 340 g/mol. The van der Waals surface area contributed by atoms with Gasteiger partial charge in [-0.1, -0.05) is 29.8 Å². The zero-order valence-electron chi connectivity index (χ0n) is 13.5. The Morgan fingerprint density at radius 2 is 2.00 bits per heavy atom. The van der Waals surface area contributed by atoms with E-state index in [4.69, 9.17) is 16.3 Å². The number of nitrogens with zero attached hydrogens (tertiary/aromatic N) is 2. The number of morpholine rings is 1. The van der Waals surface area contributed by atoms with Crippen LogP contribution in [0.1, 0.15) is 10.5 Å². The Hall–Kier alpha value is -2.57. The van der Waals surface area contributed by atoms with Crippen molar-refractivity contribution in [3.63, 3.8) is 0 Å². The minimum absolute atomic E-state index is 0.288. The molecule has 1 aliphatic heterocycles. The summed E-state index contributed by atoms with van der Waals surface area (Å²) >= 11 is 6.37. The van der Waals surface area contributed by atoms with Crippen molar-refractivity contribution in [2.24, 2.45) is 0 Å². The van der Waals surface area contributed by atoms with Crippen LogP contribution >= 0.6 is 11.6 Å². The van der Waals surface area contributed by atoms with Gasteiger partial charge in [0.2, 0.25) is 0 Å². The molecule has 2 N–H and O–H groups in total. The first-order valence-corrected chi connectivity index (χ1v) is 8.47. The average Bonchev–Trinajstić information content (AvgIpc) is 3.00. The van der Waals surface area contributed by atoms with Crippen LogP contribution in [0.15, 0.2) is 42.6 Å². The Balaban J connectivity index is 1.63. The Bertz CT molecular complexity index is 918. The van der Waals surface area contributed by atoms with E-state index in [1.54, 1.807) is 12.3 Å². The molecule has 1 aliphatic rings. The molecule has 1 amide bonds. The van der Waals surface area contributed by atoms with Gasteiger partial charge in [-0.25, -0.2) is 4.98 Å². The van der Waals surface area contributed by atoms with E-state index in [1.807, 2.05) is 30.3 Å². The highest BCUT2D eigenvalue weighted by atomic mass is 35.5. The number of benzene rings is 1. The maximum Gasteiger partial charge on any atom is 0.273 e. The number of aromatic amines is 1. The van der Waals surface area contributed by atoms with Gasteiger partial charge >= 0.3 is 0 Å². The summed E-state index contributed by atoms with van der Waals surface area (Å²) in [5.41, 5.74) is 1.83. The Morgan fingerprint density at radius 1 is 1.20 bits per heavy atom. The summed E-state index contributed by atoms with van der Waals surface area (Å²) in [6.07, 6.45) is 1.72. The lowest BCUT2D eigenvalue weighted by atomic mass is 10.2. The zero-order chi connectivity index (χ0) is 17.2. The second kappa shape index (κ2) is 6.74. The van der Waals surface area contributed by atoms with Gasteiger partial charge in [0.25, 0.3) is 5.91 Å². The summed E-state index contributed by atoms with van der Waals surface area (Å²) in [5, 5.41) is 4.18. The van der Waals surface area contributed by atoms with Gasteiger partial charge in [0, 0.05) is 30.2 Å². The highest BCUT2D eigenvalue weighted by molar-refractivity contribution is 6.39. The Morgan fingerprint density at radius 3 is 2.80 bits per heavy atom. The second-order valence-corrected chi connectivity index (χ2v) is 6.17. The van der Waals surface area contributed by atoms with Crippen molar-refractivity contribution in [3.05, 3.63) is 53.3 Å². The van der Waals surface area contributed by atoms with Crippen LogP contribution in [-0.2, 0) is 4.74 Å². The number of aromatic nitrogens is 2. The lowest BCUT2D eigenvalue weighted by Crippen LogP contribution is -2.37. The summed E-state index contributed by atoms with van der Waals surface area (Å²) in [6.45, 7) is 2.79. The van der Waals surface area contributed by atoms with Gasteiger partial charge in [0.1, 0.15) is 5.69 Å². The molecule has 1 aromatic carbocycles. The summed E-state index contributed by atoms with van der Waals surface area (Å²) in [6, 6.07) is 11.2. The lowest BCUT2D eigenvalue weighted by Gasteiger charge is -2.29. The van der Waals surface area contributed by atoms with Gasteiger partial charge in [0.15, 0.2) is 5.82 Å². The third kappa shape index (κ3) is 3.06. The third-order valence-corrected chi connectivity index (χ3v) is 4.61. The number of rotatable bonds is 3. The van der Waals surface area contributed by atoms with Crippen molar-refractivity contribution in [1.82, 2.24) is 9.97 Å². The normalized spacial score (nSPS) is 14.7. The molecule has 0 unspecified atom stereocenters. The SMILES string of the molecule is O=C(Nc1cccnc1N1CCOCC1)c1[nH]c2ccccc2c1Cl. The van der Waals surface area contributed by atoms with Crippen LogP contribution < -0.4 is 10.2 Å². The molecule has 0 radical (unpaired) electrons. The molecule has 0 saturated carbocycles. The highest BCUT2D eigenvalue weighted by Crippen LogP contribution is 2.29. The highest BCUT2D eigenvalue weighted by Gasteiger charge is 2.20. The van der Waals surface area contributed by atoms with Crippen LogP contribution in [0.3, 0.4) is 0 Å². The molecule has 3 aromatic rings. The van der Waals surface area contributed by atoms with Gasteiger partial charge in [-0.05, 0) is 18.2 Å². The van der Waals surface area contributed by atoms with E-state index in [2.05, 4.69) is 20.2 Å². The molecule has 0 atom stereocenters. The first kappa shape index (κ1) is 15.9. The molecule has 1 fully saturated rings. The molecule has 4 rings (SSSR count). The standard InChI is InChI=1S/C18H17ClN4O2/c19-15-12-4-1-2-5-13(12)21-16(15)18(24)22-14-6-3-7-20-17(14)23-8-10-25-11-9-23/h1-7,21H,8-11H2,(H,22,24). The van der Waals surface area contributed by atoms with E-state index in [9.17, 15) is 4.79 Å². The van der Waals surface area contributed by atoms with E-state index in [-0.39, 0.29) is 5.91 Å². The van der Waals surface area contributed by atoms with Gasteiger partial charge < -0.3 is 19.9 Å². The van der Waals surface area contributed by atoms with Gasteiger partial charge in [0.05, 0.1) is 23.9 Å². The Kier molecular flexibility index (Phi) is 4.29. The lowest BCUT2D eigenvalue weighted by molar-refractivity contribution is 0.102. The van der Waals surface area contributed by atoms with E-state index in [0.29, 0.717) is 29.6 Å². The second-order valence-electron chi connectivity index (χ2n) is 5.79. The number of carbonyl (C=O) groups is 1. The van der Waals surface area contributed by atoms with Crippen LogP contribution in [0.5, 0.6) is 0 Å². The van der Waals surface area contributed by atoms with Gasteiger partial charge in [-0.3, -0.25) is 4.79 Å². The Labute approximate surface area is 149 Å². The van der Waals surface area contributed by atoms with Crippen LogP contribution in [0, 0.1) is 0 Å². The fourth-order valence-electron chi connectivity index (χ4n) is 2.97. The number of carbonyl (C=O) groups excluding carboxylic acids is 1. The fourth-order valence-corrected chi connectivity index (χ4v) is 3.27. The molecule has 3 heterocycles. The van der Waals surface area contributed by atoms with Crippen LogP contribution in [-0.4, -0.2) is 42.2 Å². The maximum absolute atomic E-state index is 12.7. The molecule has 128 valence electrons. The zero-order valence-corrected chi connectivity index (χ0v) is 14.2. The molecule has 25 heavy (non-hydrogen) atoms. The minimum Gasteiger partial charge on any atom is -0.378 e. The molecule has 7 heteroatoms. The van der Waals surface area contributed by atoms with Crippen LogP contribution in [0.25, 0.3) is 10.9 Å². The maximum atomic E-state index is 12.7. The number of ether oxygens (including phenoxy) is 1. The first-order valence-electron chi connectivity index (χ1n) is 8.09. The van der Waals surface area contributed by atoms with Crippen molar-refractivity contribution in [3.8, 4) is 0 Å². The summed E-state index contributed by atoms with van der Waals surface area (Å²) in [7, 11) is 0. The number of nitrogens with one attached hydrogen (secondary N) is 2. The predicted octanol–water partition coefficient (Wildman–Crippen LogP) is 3.31. The molecule has 6 nitrogen and oxygen atoms in total. The van der Waals surface area contributed by atoms with Crippen molar-refractivity contribution >= 4 is 39.9 Å². The summed E-state index contributed by atoms with van der Waals surface area (Å²) < 4.78 is 5.38. The molecule has 0 bridgehead atoms. The summed E-state index contributed by atoms with van der Waals surface area (Å²) in [4.78, 5) is 22.4. The summed E-state index contributed by atoms with van der Waals surface area (Å²) in [5.74, 6) is 0.454. The molecule has 1 saturated heterocycles. The van der Waals surface area contributed by atoms with Gasteiger partial charge in [-0.15, -0.1) is 0 Å². The van der Waals surface area contributed by atoms with Crippen molar-refractivity contribution in [2.45, 2.75) is 0 Å². The number of anilines is 2. The number of hydrogen-bond donors (Lipinski definition) is 2. The first-order chi connectivity index (χ1) is 12.2. The van der Waals surface area contributed by atoms with E-state index in [1.165, 1.54) is 0 Å². The topological polar surface area (TPSA) is 70.2 Å². The smallest absolute Gasteiger partial charge is 0.273 e. The monoisotopic (exact) mass is 356 g/mol. The molecule has 0 spiro atoms. The fraction of sp³-hybridized carbons (Fsp3) is 0.222. The third-order valence-electron chi connectivity index (χ3n) is 4.22. The molecular formula is C18H17ClN4O2. The van der Waals surface area contributed by atoms with E-state index >= 15 is 0 Å². The van der Waals surface area contributed by atoms with Crippen LogP contribution in [0.4, 0.5) is 11.5 Å². The number of halogens is 1. The number of hydrogen-bond acceptors (Lipinski definition) is 4. The quantitative estimate of drug-likeness (QED) is 0.755. The number of fused-ring (bicyclic) bond motifs is 1. The minimum atomic E-state index is -0.288. The van der Waals surface area contributed by atoms with E-state index in [0.717, 1.165) is 29.8 Å². The van der Waals surface area contributed by atoms with Gasteiger partial charge in [-0.2, -0.15) is 0 Å². The largest absolute Gasteiger partial charge is 0.378 e. The molecule has 0 aliphatic carbocycles. The number of para-hydroxylation sites is 1. The van der Waals surface area contributed by atoms with E-state index < -0.39 is 0 Å². The van der Waals surface area contributed by atoms with Crippen molar-refractivity contribution in [1.29, 1.82) is 0 Å². The predicted molar refractivity (Wildman–Crippen MR) is 98.5 cm³/mol. The van der Waals surface area contributed by atoms with Crippen molar-refractivity contribution < 1.29 is 9.53 Å². The average molecular weight is 357 g/mol. The number of amides is 1. The van der Waals surface area contributed by atoms with Crippen LogP contribution in [0.2, 0.25) is 5.02 Å².